The van der Waals surface area contributed by atoms with Gasteiger partial charge in [0.2, 0.25) is 0 Å². The number of anilines is 1. The van der Waals surface area contributed by atoms with Gasteiger partial charge >= 0.3 is 0 Å². The molecule has 0 unspecified atom stereocenters. The highest BCUT2D eigenvalue weighted by molar-refractivity contribution is 6.34. The molecular weight excluding hydrogens is 310 g/mol. The first-order valence-electron chi connectivity index (χ1n) is 6.93. The molecular formula is C18H12ClN3O. The van der Waals surface area contributed by atoms with Gasteiger partial charge in [-0.3, -0.25) is 4.79 Å². The third kappa shape index (κ3) is 2.75. The van der Waals surface area contributed by atoms with Gasteiger partial charge in [0.1, 0.15) is 11.8 Å². The third-order valence-electron chi connectivity index (χ3n) is 3.61. The van der Waals surface area contributed by atoms with Gasteiger partial charge in [-0.05, 0) is 17.5 Å². The molecule has 1 aromatic heterocycles. The lowest BCUT2D eigenvalue weighted by Crippen LogP contribution is -2.27. The fraction of sp³-hybridized carbons (Fsp3) is 0.0556. The molecule has 0 atom stereocenters. The number of halogens is 1. The molecule has 0 aliphatic rings. The fourth-order valence-corrected chi connectivity index (χ4v) is 2.67. The Kier molecular flexibility index (Phi) is 3.96. The highest BCUT2D eigenvalue weighted by Crippen LogP contribution is 2.27. The Morgan fingerprint density at radius 3 is 2.70 bits per heavy atom. The van der Waals surface area contributed by atoms with Crippen LogP contribution in [0.25, 0.3) is 10.8 Å². The Morgan fingerprint density at radius 2 is 1.96 bits per heavy atom. The van der Waals surface area contributed by atoms with Crippen molar-refractivity contribution in [3.05, 3.63) is 71.0 Å². The minimum Gasteiger partial charge on any atom is -0.309 e. The number of hydrogen-bond donors (Lipinski definition) is 0. The molecule has 3 rings (SSSR count). The van der Waals surface area contributed by atoms with Gasteiger partial charge in [-0.25, -0.2) is 4.98 Å². The quantitative estimate of drug-likeness (QED) is 0.716. The van der Waals surface area contributed by atoms with Crippen molar-refractivity contribution in [1.82, 2.24) is 4.98 Å². The number of pyridine rings is 1. The van der Waals surface area contributed by atoms with Crippen LogP contribution >= 0.6 is 11.6 Å². The normalized spacial score (nSPS) is 10.3. The second-order valence-corrected chi connectivity index (χ2v) is 5.44. The summed E-state index contributed by atoms with van der Waals surface area (Å²) >= 11 is 6.09. The van der Waals surface area contributed by atoms with Crippen molar-refractivity contribution in [2.45, 2.75) is 0 Å². The molecule has 0 radical (unpaired) electrons. The number of amides is 1. The molecule has 5 heteroatoms. The van der Waals surface area contributed by atoms with E-state index in [9.17, 15) is 4.79 Å². The van der Waals surface area contributed by atoms with E-state index in [-0.39, 0.29) is 16.6 Å². The molecule has 3 aromatic rings. The molecule has 0 aliphatic carbocycles. The van der Waals surface area contributed by atoms with E-state index in [4.69, 9.17) is 16.9 Å². The number of carbonyl (C=O) groups is 1. The molecule has 0 saturated carbocycles. The van der Waals surface area contributed by atoms with Crippen molar-refractivity contribution < 1.29 is 4.79 Å². The van der Waals surface area contributed by atoms with Crippen molar-refractivity contribution in [2.75, 3.05) is 11.9 Å². The Morgan fingerprint density at radius 1 is 1.22 bits per heavy atom. The van der Waals surface area contributed by atoms with E-state index in [1.807, 2.05) is 48.5 Å². The van der Waals surface area contributed by atoms with Crippen LogP contribution in [0.3, 0.4) is 0 Å². The number of rotatable bonds is 2. The number of nitriles is 1. The molecule has 0 saturated heterocycles. The van der Waals surface area contributed by atoms with E-state index in [1.165, 1.54) is 17.2 Å². The highest BCUT2D eigenvalue weighted by atomic mass is 35.5. The van der Waals surface area contributed by atoms with Gasteiger partial charge in [0.05, 0.1) is 16.3 Å². The summed E-state index contributed by atoms with van der Waals surface area (Å²) in [5.41, 5.74) is 1.22. The van der Waals surface area contributed by atoms with E-state index >= 15 is 0 Å². The first kappa shape index (κ1) is 15.0. The van der Waals surface area contributed by atoms with E-state index in [0.29, 0.717) is 5.56 Å². The van der Waals surface area contributed by atoms with Gasteiger partial charge < -0.3 is 4.90 Å². The standard InChI is InChI=1S/C18H12ClN3O/c1-22(16-8-4-6-13-5-2-3-7-14(13)16)18(23)17-15(19)9-12(10-20)11-21-17/h2-9,11H,1H3. The average Bonchev–Trinajstić information content (AvgIpc) is 2.60. The summed E-state index contributed by atoms with van der Waals surface area (Å²) in [4.78, 5) is 18.3. The molecule has 23 heavy (non-hydrogen) atoms. The molecule has 0 spiro atoms. The SMILES string of the molecule is CN(C(=O)c1ncc(C#N)cc1Cl)c1cccc2ccccc12. The van der Waals surface area contributed by atoms with E-state index < -0.39 is 0 Å². The summed E-state index contributed by atoms with van der Waals surface area (Å²) < 4.78 is 0. The van der Waals surface area contributed by atoms with Crippen molar-refractivity contribution in [1.29, 1.82) is 5.26 Å². The van der Waals surface area contributed by atoms with Crippen molar-refractivity contribution in [3.63, 3.8) is 0 Å². The number of aromatic nitrogens is 1. The lowest BCUT2D eigenvalue weighted by Gasteiger charge is -2.19. The molecule has 0 fully saturated rings. The maximum Gasteiger partial charge on any atom is 0.278 e. The monoisotopic (exact) mass is 321 g/mol. The van der Waals surface area contributed by atoms with E-state index in [2.05, 4.69) is 4.98 Å². The summed E-state index contributed by atoms with van der Waals surface area (Å²) in [7, 11) is 1.68. The molecule has 0 N–H and O–H groups in total. The summed E-state index contributed by atoms with van der Waals surface area (Å²) in [6.45, 7) is 0. The second kappa shape index (κ2) is 6.07. The smallest absolute Gasteiger partial charge is 0.278 e. The van der Waals surface area contributed by atoms with Gasteiger partial charge in [0.15, 0.2) is 0 Å². The van der Waals surface area contributed by atoms with Crippen LogP contribution < -0.4 is 4.90 Å². The van der Waals surface area contributed by atoms with Crippen LogP contribution in [0.5, 0.6) is 0 Å². The minimum atomic E-state index is -0.323. The molecule has 0 aliphatic heterocycles. The van der Waals surface area contributed by atoms with Crippen LogP contribution in [0.4, 0.5) is 5.69 Å². The van der Waals surface area contributed by atoms with Crippen molar-refractivity contribution in [2.24, 2.45) is 0 Å². The number of fused-ring (bicyclic) bond motifs is 1. The Bertz CT molecular complexity index is 941. The summed E-state index contributed by atoms with van der Waals surface area (Å²) in [5.74, 6) is -0.323. The molecule has 2 aromatic carbocycles. The van der Waals surface area contributed by atoms with Crippen LogP contribution in [-0.4, -0.2) is 17.9 Å². The first-order chi connectivity index (χ1) is 11.1. The van der Waals surface area contributed by atoms with Gasteiger partial charge in [0.25, 0.3) is 5.91 Å². The Hall–Kier alpha value is -2.90. The fourth-order valence-electron chi connectivity index (χ4n) is 2.43. The van der Waals surface area contributed by atoms with Crippen LogP contribution in [0.1, 0.15) is 16.1 Å². The lowest BCUT2D eigenvalue weighted by atomic mass is 10.1. The third-order valence-corrected chi connectivity index (χ3v) is 3.89. The molecule has 0 bridgehead atoms. The Balaban J connectivity index is 2.04. The van der Waals surface area contributed by atoms with Crippen LogP contribution in [0.2, 0.25) is 5.02 Å². The topological polar surface area (TPSA) is 57.0 Å². The molecule has 1 amide bonds. The van der Waals surface area contributed by atoms with E-state index in [0.717, 1.165) is 16.5 Å². The number of nitrogens with zero attached hydrogens (tertiary/aromatic N) is 3. The average molecular weight is 322 g/mol. The molecule has 1 heterocycles. The van der Waals surface area contributed by atoms with Crippen LogP contribution in [0.15, 0.2) is 54.7 Å². The van der Waals surface area contributed by atoms with Crippen molar-refractivity contribution in [3.8, 4) is 6.07 Å². The zero-order chi connectivity index (χ0) is 16.4. The maximum atomic E-state index is 12.7. The Labute approximate surface area is 138 Å². The second-order valence-electron chi connectivity index (χ2n) is 5.03. The predicted molar refractivity (Wildman–Crippen MR) is 90.6 cm³/mol. The zero-order valence-electron chi connectivity index (χ0n) is 12.3. The zero-order valence-corrected chi connectivity index (χ0v) is 13.1. The molecule has 112 valence electrons. The first-order valence-corrected chi connectivity index (χ1v) is 7.31. The van der Waals surface area contributed by atoms with Gasteiger partial charge in [-0.15, -0.1) is 0 Å². The highest BCUT2D eigenvalue weighted by Gasteiger charge is 2.19. The number of hydrogen-bond acceptors (Lipinski definition) is 3. The largest absolute Gasteiger partial charge is 0.309 e. The minimum absolute atomic E-state index is 0.126. The number of benzene rings is 2. The maximum absolute atomic E-state index is 12.7. The van der Waals surface area contributed by atoms with Crippen LogP contribution in [0, 0.1) is 11.3 Å². The molecule has 4 nitrogen and oxygen atoms in total. The summed E-state index contributed by atoms with van der Waals surface area (Å²) in [5, 5.41) is 11.0. The van der Waals surface area contributed by atoms with Gasteiger partial charge in [0, 0.05) is 18.6 Å². The predicted octanol–water partition coefficient (Wildman–Crippen LogP) is 4.04. The van der Waals surface area contributed by atoms with Crippen molar-refractivity contribution >= 4 is 34.0 Å². The van der Waals surface area contributed by atoms with Gasteiger partial charge in [-0.2, -0.15) is 5.26 Å². The summed E-state index contributed by atoms with van der Waals surface area (Å²) in [6, 6.07) is 17.0. The summed E-state index contributed by atoms with van der Waals surface area (Å²) in [6.07, 6.45) is 1.34. The van der Waals surface area contributed by atoms with Gasteiger partial charge in [-0.1, -0.05) is 48.0 Å². The van der Waals surface area contributed by atoms with E-state index in [1.54, 1.807) is 7.05 Å². The lowest BCUT2D eigenvalue weighted by molar-refractivity contribution is 0.0988. The van der Waals surface area contributed by atoms with Crippen LogP contribution in [-0.2, 0) is 0 Å². The number of carbonyl (C=O) groups excluding carboxylic acids is 1.